The molecule has 1 fully saturated rings. The van der Waals surface area contributed by atoms with E-state index < -0.39 is 27.4 Å². The number of rotatable bonds is 2. The summed E-state index contributed by atoms with van der Waals surface area (Å²) in [6.07, 6.45) is 0. The molecule has 92 valence electrons. The summed E-state index contributed by atoms with van der Waals surface area (Å²) in [5, 5.41) is 2.19. The van der Waals surface area contributed by atoms with Crippen molar-refractivity contribution in [2.75, 3.05) is 6.67 Å². The van der Waals surface area contributed by atoms with Crippen LogP contribution in [-0.4, -0.2) is 27.4 Å². The van der Waals surface area contributed by atoms with Gasteiger partial charge in [-0.3, -0.25) is 4.74 Å². The third-order valence-electron chi connectivity index (χ3n) is 1.67. The lowest BCUT2D eigenvalue weighted by molar-refractivity contribution is -0.224. The quantitative estimate of drug-likeness (QED) is 0.735. The summed E-state index contributed by atoms with van der Waals surface area (Å²) in [6.45, 7) is -1.56. The van der Waals surface area contributed by atoms with E-state index in [1.165, 1.54) is 0 Å². The van der Waals surface area contributed by atoms with E-state index in [9.17, 15) is 13.2 Å². The van der Waals surface area contributed by atoms with E-state index in [1.807, 2.05) is 0 Å². The Morgan fingerprint density at radius 3 is 2.00 bits per heavy atom. The summed E-state index contributed by atoms with van der Waals surface area (Å²) in [4.78, 5) is 0. The van der Waals surface area contributed by atoms with Crippen LogP contribution < -0.4 is 0 Å². The highest BCUT2D eigenvalue weighted by Crippen LogP contribution is 2.57. The predicted octanol–water partition coefficient (Wildman–Crippen LogP) is 3.12. The van der Waals surface area contributed by atoms with Crippen LogP contribution in [0.15, 0.2) is 0 Å². The molecule has 0 spiro atoms. The van der Waals surface area contributed by atoms with Gasteiger partial charge >= 0.3 is 11.2 Å². The minimum atomic E-state index is -4.32. The first-order valence-corrected chi connectivity index (χ1v) is 5.06. The van der Waals surface area contributed by atoms with E-state index in [0.717, 1.165) is 0 Å². The zero-order valence-electron chi connectivity index (χ0n) is 7.12. The summed E-state index contributed by atoms with van der Waals surface area (Å²) < 4.78 is 44.4. The van der Waals surface area contributed by atoms with Crippen LogP contribution >= 0.6 is 46.4 Å². The van der Waals surface area contributed by atoms with Crippen molar-refractivity contribution >= 4 is 46.4 Å². The third-order valence-corrected chi connectivity index (χ3v) is 3.47. The molecule has 1 aliphatic rings. The number of hydrogen-bond acceptors (Lipinski definition) is 3. The van der Waals surface area contributed by atoms with E-state index in [2.05, 4.69) is 9.47 Å². The first-order chi connectivity index (χ1) is 7.04. The van der Waals surface area contributed by atoms with E-state index in [4.69, 9.17) is 51.7 Å². The van der Waals surface area contributed by atoms with Crippen molar-refractivity contribution in [3.8, 4) is 6.07 Å². The molecule has 2 atom stereocenters. The summed E-state index contributed by atoms with van der Waals surface area (Å²) in [6, 6.07) is 0.510. The minimum Gasteiger partial charge on any atom is -0.300 e. The molecule has 2 unspecified atom stereocenters. The highest BCUT2D eigenvalue weighted by Gasteiger charge is 2.74. The van der Waals surface area contributed by atoms with Crippen molar-refractivity contribution in [1.29, 1.82) is 5.26 Å². The number of nitriles is 1. The number of halogens is 7. The van der Waals surface area contributed by atoms with E-state index >= 15 is 0 Å². The Bertz CT molecular complexity index is 349. The maximum absolute atomic E-state index is 13.0. The Balaban J connectivity index is 3.14. The number of nitrogens with zero attached hydrogens (tertiary/aromatic N) is 1. The molecule has 1 rings (SSSR count). The SMILES string of the molecule is N#CC(F)(F)C1(Cl)OC(Cl)(Cl)C(Cl)(CF)O1. The van der Waals surface area contributed by atoms with Crippen molar-refractivity contribution in [3.63, 3.8) is 0 Å². The fourth-order valence-corrected chi connectivity index (χ4v) is 1.78. The molecule has 0 bridgehead atoms. The fourth-order valence-electron chi connectivity index (χ4n) is 0.829. The second-order valence-corrected chi connectivity index (χ2v) is 5.17. The normalized spacial score (nSPS) is 38.4. The topological polar surface area (TPSA) is 42.2 Å². The van der Waals surface area contributed by atoms with Gasteiger partial charge in [-0.05, 0) is 11.6 Å². The van der Waals surface area contributed by atoms with Gasteiger partial charge in [-0.15, -0.1) is 0 Å². The van der Waals surface area contributed by atoms with Gasteiger partial charge in [-0.25, -0.2) is 4.39 Å². The van der Waals surface area contributed by atoms with Crippen molar-refractivity contribution in [3.05, 3.63) is 0 Å². The van der Waals surface area contributed by atoms with Crippen LogP contribution in [0.1, 0.15) is 0 Å². The molecule has 10 heteroatoms. The van der Waals surface area contributed by atoms with Crippen LogP contribution in [0, 0.1) is 11.3 Å². The maximum Gasteiger partial charge on any atom is 0.399 e. The largest absolute Gasteiger partial charge is 0.399 e. The van der Waals surface area contributed by atoms with Crippen molar-refractivity contribution in [1.82, 2.24) is 0 Å². The molecule has 0 radical (unpaired) electrons. The molecule has 0 aliphatic carbocycles. The molecular formula is C6H2Cl4F3NO2. The average molecular weight is 319 g/mol. The second-order valence-electron chi connectivity index (χ2n) is 2.81. The summed E-state index contributed by atoms with van der Waals surface area (Å²) in [7, 11) is 0. The Hall–Kier alpha value is 0.360. The van der Waals surface area contributed by atoms with Gasteiger partial charge in [0.05, 0.1) is 0 Å². The predicted molar refractivity (Wildman–Crippen MR) is 50.3 cm³/mol. The fraction of sp³-hybridized carbons (Fsp3) is 0.833. The van der Waals surface area contributed by atoms with Crippen LogP contribution in [0.3, 0.4) is 0 Å². The molecule has 0 aromatic carbocycles. The standard InChI is InChI=1S/C6H2Cl4F3NO2/c7-3(1-11)5(8,9)16-6(10,15-3)4(12,13)2-14/h1H2. The summed E-state index contributed by atoms with van der Waals surface area (Å²) >= 11 is 21.2. The van der Waals surface area contributed by atoms with Crippen LogP contribution in [0.2, 0.25) is 0 Å². The first-order valence-electron chi connectivity index (χ1n) is 3.54. The number of alkyl halides is 7. The molecule has 0 amide bonds. The van der Waals surface area contributed by atoms with Crippen LogP contribution in [0.4, 0.5) is 13.2 Å². The molecule has 0 aromatic rings. The molecule has 1 heterocycles. The monoisotopic (exact) mass is 317 g/mol. The lowest BCUT2D eigenvalue weighted by atomic mass is 10.3. The zero-order valence-corrected chi connectivity index (χ0v) is 10.1. The van der Waals surface area contributed by atoms with Gasteiger partial charge in [0.1, 0.15) is 12.7 Å². The third kappa shape index (κ3) is 1.94. The Morgan fingerprint density at radius 1 is 1.19 bits per heavy atom. The second kappa shape index (κ2) is 3.94. The maximum atomic E-state index is 13.0. The molecule has 0 saturated carbocycles. The van der Waals surface area contributed by atoms with Gasteiger partial charge < -0.3 is 4.74 Å². The van der Waals surface area contributed by atoms with E-state index in [1.54, 1.807) is 0 Å². The summed E-state index contributed by atoms with van der Waals surface area (Å²) in [5.74, 6) is -4.32. The molecule has 0 aromatic heterocycles. The Kier molecular flexibility index (Phi) is 3.55. The van der Waals surface area contributed by atoms with Crippen LogP contribution in [0.5, 0.6) is 0 Å². The minimum absolute atomic E-state index is 0.510. The van der Waals surface area contributed by atoms with Gasteiger partial charge in [0, 0.05) is 0 Å². The molecular weight excluding hydrogens is 317 g/mol. The Labute approximate surface area is 108 Å². The van der Waals surface area contributed by atoms with Crippen molar-refractivity contribution in [2.45, 2.75) is 20.7 Å². The highest BCUT2D eigenvalue weighted by atomic mass is 35.5. The van der Waals surface area contributed by atoms with Gasteiger partial charge in [0.25, 0.3) is 4.52 Å². The Morgan fingerprint density at radius 2 is 1.69 bits per heavy atom. The van der Waals surface area contributed by atoms with Gasteiger partial charge in [0.2, 0.25) is 5.06 Å². The highest BCUT2D eigenvalue weighted by molar-refractivity contribution is 6.52. The first kappa shape index (κ1) is 14.4. The molecule has 0 N–H and O–H groups in total. The smallest absolute Gasteiger partial charge is 0.300 e. The molecule has 3 nitrogen and oxygen atoms in total. The lowest BCUT2D eigenvalue weighted by Gasteiger charge is -2.24. The molecule has 16 heavy (non-hydrogen) atoms. The van der Waals surface area contributed by atoms with E-state index in [-0.39, 0.29) is 0 Å². The molecule has 1 aliphatic heterocycles. The summed E-state index contributed by atoms with van der Waals surface area (Å²) in [5.41, 5.74) is 0. The molecule has 1 saturated heterocycles. The van der Waals surface area contributed by atoms with Crippen molar-refractivity contribution < 1.29 is 22.6 Å². The average Bonchev–Trinajstić information content (AvgIpc) is 2.34. The van der Waals surface area contributed by atoms with Crippen molar-refractivity contribution in [2.24, 2.45) is 0 Å². The van der Waals surface area contributed by atoms with Gasteiger partial charge in [-0.2, -0.15) is 14.0 Å². The van der Waals surface area contributed by atoms with Gasteiger partial charge in [0.15, 0.2) is 0 Å². The number of ether oxygens (including phenoxy) is 2. The zero-order chi connectivity index (χ0) is 12.8. The van der Waals surface area contributed by atoms with Crippen LogP contribution in [0.25, 0.3) is 0 Å². The lowest BCUT2D eigenvalue weighted by Crippen LogP contribution is -2.45. The van der Waals surface area contributed by atoms with Crippen LogP contribution in [-0.2, 0) is 9.47 Å². The number of hydrogen-bond donors (Lipinski definition) is 0. The van der Waals surface area contributed by atoms with Gasteiger partial charge in [-0.1, -0.05) is 34.8 Å². The van der Waals surface area contributed by atoms with E-state index in [0.29, 0.717) is 6.07 Å².